The maximum atomic E-state index is 12.6. The quantitative estimate of drug-likeness (QED) is 0.829. The van der Waals surface area contributed by atoms with Gasteiger partial charge in [0.05, 0.1) is 25.3 Å². The van der Waals surface area contributed by atoms with Gasteiger partial charge >= 0.3 is 0 Å². The molecule has 1 aromatic carbocycles. The summed E-state index contributed by atoms with van der Waals surface area (Å²) in [5.74, 6) is 0.930. The van der Waals surface area contributed by atoms with Gasteiger partial charge in [-0.05, 0) is 29.5 Å². The van der Waals surface area contributed by atoms with E-state index < -0.39 is 0 Å². The summed E-state index contributed by atoms with van der Waals surface area (Å²) < 4.78 is 10.4. The van der Waals surface area contributed by atoms with E-state index in [0.717, 1.165) is 4.88 Å². The molecule has 1 aromatic heterocycles. The number of nitrogens with one attached hydrogen (secondary N) is 1. The predicted octanol–water partition coefficient (Wildman–Crippen LogP) is 4.55. The Morgan fingerprint density at radius 2 is 2.00 bits per heavy atom. The lowest BCUT2D eigenvalue weighted by atomic mass is 10.0. The van der Waals surface area contributed by atoms with Crippen molar-refractivity contribution >= 4 is 28.8 Å². The van der Waals surface area contributed by atoms with E-state index in [1.54, 1.807) is 23.5 Å². The lowest BCUT2D eigenvalue weighted by Gasteiger charge is -2.21. The molecule has 1 amide bonds. The number of amides is 1. The molecule has 6 heteroatoms. The van der Waals surface area contributed by atoms with Crippen LogP contribution < -0.4 is 14.8 Å². The summed E-state index contributed by atoms with van der Waals surface area (Å²) in [7, 11) is 3.02. The second-order valence-electron chi connectivity index (χ2n) is 5.40. The second kappa shape index (κ2) is 7.70. The summed E-state index contributed by atoms with van der Waals surface area (Å²) >= 11 is 7.80. The topological polar surface area (TPSA) is 47.6 Å². The van der Waals surface area contributed by atoms with Crippen LogP contribution in [0.3, 0.4) is 0 Å². The van der Waals surface area contributed by atoms with Crippen LogP contribution in [0.1, 0.15) is 35.1 Å². The van der Waals surface area contributed by atoms with Crippen molar-refractivity contribution in [2.75, 3.05) is 14.2 Å². The molecule has 1 heterocycles. The minimum atomic E-state index is -0.194. The molecule has 1 N–H and O–H groups in total. The van der Waals surface area contributed by atoms with Gasteiger partial charge < -0.3 is 14.8 Å². The van der Waals surface area contributed by atoms with Gasteiger partial charge in [0, 0.05) is 10.4 Å². The van der Waals surface area contributed by atoms with Crippen LogP contribution in [0.25, 0.3) is 0 Å². The lowest BCUT2D eigenvalue weighted by molar-refractivity contribution is 0.0926. The van der Waals surface area contributed by atoms with Gasteiger partial charge in [-0.25, -0.2) is 0 Å². The minimum Gasteiger partial charge on any atom is -0.493 e. The van der Waals surface area contributed by atoms with Crippen molar-refractivity contribution in [3.05, 3.63) is 45.1 Å². The van der Waals surface area contributed by atoms with Gasteiger partial charge in [0.1, 0.15) is 0 Å². The van der Waals surface area contributed by atoms with Gasteiger partial charge in [0.15, 0.2) is 11.5 Å². The van der Waals surface area contributed by atoms with Crippen molar-refractivity contribution in [1.29, 1.82) is 0 Å². The Morgan fingerprint density at radius 3 is 2.52 bits per heavy atom. The van der Waals surface area contributed by atoms with Crippen molar-refractivity contribution in [2.24, 2.45) is 5.92 Å². The maximum Gasteiger partial charge on any atom is 0.251 e. The molecule has 23 heavy (non-hydrogen) atoms. The largest absolute Gasteiger partial charge is 0.493 e. The SMILES string of the molecule is COc1cc(C(=O)N[C@@H](c2cccs2)C(C)C)cc(Cl)c1OC. The Morgan fingerprint density at radius 1 is 1.26 bits per heavy atom. The van der Waals surface area contributed by atoms with E-state index in [-0.39, 0.29) is 17.9 Å². The van der Waals surface area contributed by atoms with E-state index in [1.807, 2.05) is 17.5 Å². The average Bonchev–Trinajstić information content (AvgIpc) is 3.05. The van der Waals surface area contributed by atoms with Crippen molar-refractivity contribution < 1.29 is 14.3 Å². The molecule has 2 aromatic rings. The van der Waals surface area contributed by atoms with Crippen LogP contribution in [0.5, 0.6) is 11.5 Å². The molecule has 0 aliphatic heterocycles. The van der Waals surface area contributed by atoms with E-state index in [0.29, 0.717) is 22.1 Å². The number of methoxy groups -OCH3 is 2. The zero-order valence-electron chi connectivity index (χ0n) is 13.6. The van der Waals surface area contributed by atoms with Gasteiger partial charge in [-0.1, -0.05) is 31.5 Å². The highest BCUT2D eigenvalue weighted by atomic mass is 35.5. The molecule has 0 unspecified atom stereocenters. The first-order chi connectivity index (χ1) is 11.0. The first-order valence-electron chi connectivity index (χ1n) is 7.23. The van der Waals surface area contributed by atoms with Crippen LogP contribution >= 0.6 is 22.9 Å². The van der Waals surface area contributed by atoms with Crippen LogP contribution in [0.4, 0.5) is 0 Å². The first-order valence-corrected chi connectivity index (χ1v) is 8.49. The third-order valence-corrected chi connectivity index (χ3v) is 4.73. The van der Waals surface area contributed by atoms with E-state index in [9.17, 15) is 4.79 Å². The molecule has 0 saturated heterocycles. The summed E-state index contributed by atoms with van der Waals surface area (Å²) in [6, 6.07) is 7.18. The molecular weight excluding hydrogens is 334 g/mol. The predicted molar refractivity (Wildman–Crippen MR) is 93.9 cm³/mol. The zero-order chi connectivity index (χ0) is 17.0. The number of benzene rings is 1. The molecule has 0 saturated carbocycles. The third kappa shape index (κ3) is 3.98. The van der Waals surface area contributed by atoms with E-state index >= 15 is 0 Å². The molecule has 4 nitrogen and oxygen atoms in total. The molecule has 0 fully saturated rings. The Hall–Kier alpha value is -1.72. The highest BCUT2D eigenvalue weighted by Gasteiger charge is 2.22. The summed E-state index contributed by atoms with van der Waals surface area (Å²) in [5.41, 5.74) is 0.440. The fourth-order valence-corrected chi connectivity index (χ4v) is 3.55. The lowest BCUT2D eigenvalue weighted by Crippen LogP contribution is -2.31. The number of hydrogen-bond donors (Lipinski definition) is 1. The number of thiophene rings is 1. The minimum absolute atomic E-state index is 0.0469. The van der Waals surface area contributed by atoms with Crippen molar-refractivity contribution in [1.82, 2.24) is 5.32 Å². The number of ether oxygens (including phenoxy) is 2. The van der Waals surface area contributed by atoms with Gasteiger partial charge in [0.2, 0.25) is 0 Å². The number of carbonyl (C=O) groups is 1. The van der Waals surface area contributed by atoms with Gasteiger partial charge in [-0.15, -0.1) is 11.3 Å². The molecule has 0 radical (unpaired) electrons. The van der Waals surface area contributed by atoms with Crippen LogP contribution in [-0.2, 0) is 0 Å². The molecular formula is C17H20ClNO3S. The van der Waals surface area contributed by atoms with Crippen molar-refractivity contribution in [3.63, 3.8) is 0 Å². The molecule has 0 aliphatic rings. The Bertz CT molecular complexity index is 671. The highest BCUT2D eigenvalue weighted by Crippen LogP contribution is 2.36. The fraction of sp³-hybridized carbons (Fsp3) is 0.353. The van der Waals surface area contributed by atoms with Crippen LogP contribution in [0.2, 0.25) is 5.02 Å². The fourth-order valence-electron chi connectivity index (χ4n) is 2.31. The highest BCUT2D eigenvalue weighted by molar-refractivity contribution is 7.10. The van der Waals surface area contributed by atoms with Crippen LogP contribution in [-0.4, -0.2) is 20.1 Å². The van der Waals surface area contributed by atoms with Crippen LogP contribution in [0, 0.1) is 5.92 Å². The number of carbonyl (C=O) groups excluding carboxylic acids is 1. The summed E-state index contributed by atoms with van der Waals surface area (Å²) in [6.07, 6.45) is 0. The number of hydrogen-bond acceptors (Lipinski definition) is 4. The monoisotopic (exact) mass is 353 g/mol. The van der Waals surface area contributed by atoms with Gasteiger partial charge in [-0.3, -0.25) is 4.79 Å². The standard InChI is InChI=1S/C17H20ClNO3S/c1-10(2)15(14-6-5-7-23-14)19-17(20)11-8-12(18)16(22-4)13(9-11)21-3/h5-10,15H,1-4H3,(H,19,20)/t15-/m1/s1. The van der Waals surface area contributed by atoms with E-state index in [2.05, 4.69) is 19.2 Å². The maximum absolute atomic E-state index is 12.6. The van der Waals surface area contributed by atoms with E-state index in [4.69, 9.17) is 21.1 Å². The smallest absolute Gasteiger partial charge is 0.251 e. The van der Waals surface area contributed by atoms with E-state index in [1.165, 1.54) is 14.2 Å². The first kappa shape index (κ1) is 17.6. The summed E-state index contributed by atoms with van der Waals surface area (Å²) in [5, 5.41) is 5.41. The average molecular weight is 354 g/mol. The van der Waals surface area contributed by atoms with Crippen molar-refractivity contribution in [2.45, 2.75) is 19.9 Å². The molecule has 0 spiro atoms. The third-order valence-electron chi connectivity index (χ3n) is 3.50. The molecule has 124 valence electrons. The molecule has 0 aliphatic carbocycles. The summed E-state index contributed by atoms with van der Waals surface area (Å²) in [6.45, 7) is 4.15. The molecule has 1 atom stereocenters. The van der Waals surface area contributed by atoms with Gasteiger partial charge in [-0.2, -0.15) is 0 Å². The number of rotatable bonds is 6. The second-order valence-corrected chi connectivity index (χ2v) is 6.79. The number of halogens is 1. The Labute approximate surface area is 145 Å². The van der Waals surface area contributed by atoms with Crippen LogP contribution in [0.15, 0.2) is 29.6 Å². The molecule has 2 rings (SSSR count). The summed E-state index contributed by atoms with van der Waals surface area (Å²) in [4.78, 5) is 13.7. The van der Waals surface area contributed by atoms with Crippen molar-refractivity contribution in [3.8, 4) is 11.5 Å². The normalized spacial score (nSPS) is 12.1. The Balaban J connectivity index is 2.28. The molecule has 0 bridgehead atoms. The van der Waals surface area contributed by atoms with Gasteiger partial charge in [0.25, 0.3) is 5.91 Å². The Kier molecular flexibility index (Phi) is 5.91. The zero-order valence-corrected chi connectivity index (χ0v) is 15.1.